The zero-order chi connectivity index (χ0) is 13.8. The van der Waals surface area contributed by atoms with Crippen molar-refractivity contribution in [3.05, 3.63) is 29.6 Å². The Morgan fingerprint density at radius 3 is 2.84 bits per heavy atom. The van der Waals surface area contributed by atoms with E-state index in [2.05, 4.69) is 36.0 Å². The predicted octanol–water partition coefficient (Wildman–Crippen LogP) is 2.08. The molecule has 4 heteroatoms. The van der Waals surface area contributed by atoms with E-state index in [0.717, 1.165) is 44.0 Å². The van der Waals surface area contributed by atoms with E-state index >= 15 is 0 Å². The Morgan fingerprint density at radius 2 is 2.16 bits per heavy atom. The number of likely N-dealkylation sites (N-methyl/N-ethyl adjacent to an activating group) is 1. The topological polar surface area (TPSA) is 18.5 Å². The molecule has 1 aromatic carbocycles. The smallest absolute Gasteiger partial charge is 0.146 e. The van der Waals surface area contributed by atoms with Crippen molar-refractivity contribution in [2.75, 3.05) is 38.1 Å². The van der Waals surface area contributed by atoms with Crippen LogP contribution in [-0.4, -0.2) is 44.2 Å². The van der Waals surface area contributed by atoms with Gasteiger partial charge >= 0.3 is 0 Å². The van der Waals surface area contributed by atoms with Gasteiger partial charge in [0.25, 0.3) is 0 Å². The lowest BCUT2D eigenvalue weighted by atomic mass is 10.1. The van der Waals surface area contributed by atoms with E-state index < -0.39 is 0 Å². The van der Waals surface area contributed by atoms with E-state index in [9.17, 15) is 4.39 Å². The number of hydrogen-bond acceptors (Lipinski definition) is 3. The van der Waals surface area contributed by atoms with Crippen molar-refractivity contribution in [3.63, 3.8) is 0 Å². The number of rotatable bonds is 4. The number of nitrogens with zero attached hydrogens (tertiary/aromatic N) is 2. The molecule has 0 amide bonds. The summed E-state index contributed by atoms with van der Waals surface area (Å²) in [7, 11) is 2.13. The van der Waals surface area contributed by atoms with Crippen LogP contribution in [0.4, 0.5) is 10.1 Å². The molecule has 0 radical (unpaired) electrons. The van der Waals surface area contributed by atoms with Gasteiger partial charge in [0, 0.05) is 32.2 Å². The fraction of sp³-hybridized carbons (Fsp3) is 0.600. The average Bonchev–Trinajstić information content (AvgIpc) is 2.40. The Balaban J connectivity index is 2.22. The quantitative estimate of drug-likeness (QED) is 0.899. The van der Waals surface area contributed by atoms with Crippen LogP contribution in [0.2, 0.25) is 0 Å². The summed E-state index contributed by atoms with van der Waals surface area (Å²) in [6.07, 6.45) is 0. The molecule has 0 bridgehead atoms. The minimum absolute atomic E-state index is 0.104. The van der Waals surface area contributed by atoms with Gasteiger partial charge in [-0.25, -0.2) is 4.39 Å². The third-order valence-electron chi connectivity index (χ3n) is 3.91. The van der Waals surface area contributed by atoms with Gasteiger partial charge in [-0.2, -0.15) is 0 Å². The van der Waals surface area contributed by atoms with E-state index in [0.29, 0.717) is 6.04 Å². The Bertz CT molecular complexity index is 422. The van der Waals surface area contributed by atoms with Gasteiger partial charge in [-0.1, -0.05) is 19.1 Å². The van der Waals surface area contributed by atoms with Crippen molar-refractivity contribution in [2.45, 2.75) is 26.4 Å². The highest BCUT2D eigenvalue weighted by Crippen LogP contribution is 2.26. The molecule has 1 atom stereocenters. The molecule has 0 spiro atoms. The minimum Gasteiger partial charge on any atom is -0.366 e. The highest BCUT2D eigenvalue weighted by atomic mass is 19.1. The molecule has 1 saturated heterocycles. The summed E-state index contributed by atoms with van der Waals surface area (Å²) in [5, 5.41) is 3.29. The second kappa shape index (κ2) is 6.35. The molecule has 1 unspecified atom stereocenters. The Hall–Kier alpha value is -1.13. The largest absolute Gasteiger partial charge is 0.366 e. The number of piperazine rings is 1. The monoisotopic (exact) mass is 265 g/mol. The van der Waals surface area contributed by atoms with Crippen molar-refractivity contribution in [1.29, 1.82) is 0 Å². The highest BCUT2D eigenvalue weighted by molar-refractivity contribution is 5.55. The first-order valence-corrected chi connectivity index (χ1v) is 7.06. The van der Waals surface area contributed by atoms with Crippen LogP contribution < -0.4 is 10.2 Å². The molecular weight excluding hydrogens is 241 g/mol. The summed E-state index contributed by atoms with van der Waals surface area (Å²) in [4.78, 5) is 4.51. The summed E-state index contributed by atoms with van der Waals surface area (Å²) < 4.78 is 14.2. The van der Waals surface area contributed by atoms with Crippen molar-refractivity contribution in [3.8, 4) is 0 Å². The van der Waals surface area contributed by atoms with Gasteiger partial charge in [-0.05, 0) is 32.1 Å². The van der Waals surface area contributed by atoms with E-state index in [-0.39, 0.29) is 5.82 Å². The number of anilines is 1. The SMILES string of the molecule is CCNCc1cccc(F)c1N1CCN(C)C(C)C1. The van der Waals surface area contributed by atoms with Crippen LogP contribution in [-0.2, 0) is 6.54 Å². The molecule has 106 valence electrons. The van der Waals surface area contributed by atoms with Crippen LogP contribution in [0.3, 0.4) is 0 Å². The van der Waals surface area contributed by atoms with Gasteiger partial charge in [0.05, 0.1) is 5.69 Å². The van der Waals surface area contributed by atoms with Crippen molar-refractivity contribution >= 4 is 5.69 Å². The first-order chi connectivity index (χ1) is 9.13. The Labute approximate surface area is 115 Å². The zero-order valence-corrected chi connectivity index (χ0v) is 12.1. The first kappa shape index (κ1) is 14.3. The molecule has 1 heterocycles. The Morgan fingerprint density at radius 1 is 1.37 bits per heavy atom. The minimum atomic E-state index is -0.104. The zero-order valence-electron chi connectivity index (χ0n) is 12.1. The van der Waals surface area contributed by atoms with Gasteiger partial charge in [0.2, 0.25) is 0 Å². The lowest BCUT2D eigenvalue weighted by Gasteiger charge is -2.39. The molecule has 0 aliphatic carbocycles. The summed E-state index contributed by atoms with van der Waals surface area (Å²) in [5.74, 6) is -0.104. The average molecular weight is 265 g/mol. The molecule has 19 heavy (non-hydrogen) atoms. The van der Waals surface area contributed by atoms with Gasteiger partial charge in [0.1, 0.15) is 5.82 Å². The first-order valence-electron chi connectivity index (χ1n) is 7.06. The van der Waals surface area contributed by atoms with Crippen LogP contribution in [0.15, 0.2) is 18.2 Å². The van der Waals surface area contributed by atoms with Gasteiger partial charge < -0.3 is 15.1 Å². The molecule has 1 aliphatic rings. The number of nitrogens with one attached hydrogen (secondary N) is 1. The standard InChI is InChI=1S/C15H24FN3/c1-4-17-10-13-6-5-7-14(16)15(13)19-9-8-18(3)12(2)11-19/h5-7,12,17H,4,8-11H2,1-3H3. The normalized spacial score (nSPS) is 20.8. The van der Waals surface area contributed by atoms with Crippen LogP contribution >= 0.6 is 0 Å². The van der Waals surface area contributed by atoms with E-state index in [1.807, 2.05) is 6.07 Å². The van der Waals surface area contributed by atoms with E-state index in [1.165, 1.54) is 0 Å². The maximum absolute atomic E-state index is 14.2. The van der Waals surface area contributed by atoms with Crippen LogP contribution in [0.5, 0.6) is 0 Å². The molecule has 1 aromatic rings. The number of hydrogen-bond donors (Lipinski definition) is 1. The second-order valence-corrected chi connectivity index (χ2v) is 5.30. The lowest BCUT2D eigenvalue weighted by Crippen LogP contribution is -2.50. The number of para-hydroxylation sites is 1. The second-order valence-electron chi connectivity index (χ2n) is 5.30. The molecule has 1 fully saturated rings. The maximum atomic E-state index is 14.2. The highest BCUT2D eigenvalue weighted by Gasteiger charge is 2.24. The van der Waals surface area contributed by atoms with Crippen LogP contribution in [0.25, 0.3) is 0 Å². The van der Waals surface area contributed by atoms with Crippen LogP contribution in [0, 0.1) is 5.82 Å². The van der Waals surface area contributed by atoms with Crippen molar-refractivity contribution in [1.82, 2.24) is 10.2 Å². The lowest BCUT2D eigenvalue weighted by molar-refractivity contribution is 0.233. The Kier molecular flexibility index (Phi) is 4.77. The third-order valence-corrected chi connectivity index (χ3v) is 3.91. The summed E-state index contributed by atoms with van der Waals surface area (Å²) in [6, 6.07) is 5.84. The van der Waals surface area contributed by atoms with Gasteiger partial charge in [0.15, 0.2) is 0 Å². The number of benzene rings is 1. The van der Waals surface area contributed by atoms with E-state index in [1.54, 1.807) is 12.1 Å². The molecule has 1 aliphatic heterocycles. The molecule has 0 saturated carbocycles. The molecule has 3 nitrogen and oxygen atoms in total. The summed E-state index contributed by atoms with van der Waals surface area (Å²) >= 11 is 0. The van der Waals surface area contributed by atoms with Crippen LogP contribution in [0.1, 0.15) is 19.4 Å². The molecule has 1 N–H and O–H groups in total. The van der Waals surface area contributed by atoms with Crippen molar-refractivity contribution < 1.29 is 4.39 Å². The summed E-state index contributed by atoms with van der Waals surface area (Å²) in [6.45, 7) is 8.64. The molecule has 2 rings (SSSR count). The van der Waals surface area contributed by atoms with E-state index in [4.69, 9.17) is 0 Å². The predicted molar refractivity (Wildman–Crippen MR) is 78.1 cm³/mol. The fourth-order valence-electron chi connectivity index (χ4n) is 2.57. The molecule has 0 aromatic heterocycles. The maximum Gasteiger partial charge on any atom is 0.146 e. The summed E-state index contributed by atoms with van der Waals surface area (Å²) in [5.41, 5.74) is 1.84. The van der Waals surface area contributed by atoms with Gasteiger partial charge in [-0.15, -0.1) is 0 Å². The van der Waals surface area contributed by atoms with Gasteiger partial charge in [-0.3, -0.25) is 0 Å². The fourth-order valence-corrected chi connectivity index (χ4v) is 2.57. The number of halogens is 1. The molecular formula is C15H24FN3. The third kappa shape index (κ3) is 3.25. The van der Waals surface area contributed by atoms with Crippen molar-refractivity contribution in [2.24, 2.45) is 0 Å².